The number of anilines is 1. The van der Waals surface area contributed by atoms with Crippen LogP contribution in [0, 0.1) is 0 Å². The summed E-state index contributed by atoms with van der Waals surface area (Å²) >= 11 is 0. The summed E-state index contributed by atoms with van der Waals surface area (Å²) in [5, 5.41) is 3.20. The number of aromatic nitrogens is 1. The molecule has 1 amide bonds. The van der Waals surface area contributed by atoms with Gasteiger partial charge in [0.15, 0.2) is 0 Å². The SMILES string of the molecule is COCCN(C(=O)c1cccc(NC(C)C)n1)C(C)C. The first-order valence-corrected chi connectivity index (χ1v) is 6.99. The van der Waals surface area contributed by atoms with Crippen molar-refractivity contribution in [1.82, 2.24) is 9.88 Å². The van der Waals surface area contributed by atoms with Crippen molar-refractivity contribution >= 4 is 11.7 Å². The van der Waals surface area contributed by atoms with Crippen LogP contribution in [0.5, 0.6) is 0 Å². The van der Waals surface area contributed by atoms with Gasteiger partial charge in [0, 0.05) is 25.7 Å². The van der Waals surface area contributed by atoms with Crippen molar-refractivity contribution in [2.75, 3.05) is 25.6 Å². The molecule has 0 aliphatic rings. The minimum absolute atomic E-state index is 0.0653. The maximum Gasteiger partial charge on any atom is 0.272 e. The Balaban J connectivity index is 2.88. The Morgan fingerprint density at radius 2 is 2.05 bits per heavy atom. The van der Waals surface area contributed by atoms with E-state index in [1.54, 1.807) is 18.1 Å². The summed E-state index contributed by atoms with van der Waals surface area (Å²) < 4.78 is 5.06. The number of methoxy groups -OCH3 is 1. The first-order valence-electron chi connectivity index (χ1n) is 6.99. The predicted molar refractivity (Wildman–Crippen MR) is 81.0 cm³/mol. The molecule has 0 fully saturated rings. The van der Waals surface area contributed by atoms with Crippen molar-refractivity contribution in [2.24, 2.45) is 0 Å². The van der Waals surface area contributed by atoms with Gasteiger partial charge >= 0.3 is 0 Å². The van der Waals surface area contributed by atoms with Gasteiger partial charge in [-0.2, -0.15) is 0 Å². The minimum atomic E-state index is -0.0653. The summed E-state index contributed by atoms with van der Waals surface area (Å²) in [7, 11) is 1.63. The Kier molecular flexibility index (Phi) is 6.45. The zero-order valence-electron chi connectivity index (χ0n) is 13.0. The minimum Gasteiger partial charge on any atom is -0.383 e. The van der Waals surface area contributed by atoms with E-state index >= 15 is 0 Å². The molecular weight excluding hydrogens is 254 g/mol. The lowest BCUT2D eigenvalue weighted by Crippen LogP contribution is -2.39. The molecular formula is C15H25N3O2. The highest BCUT2D eigenvalue weighted by Gasteiger charge is 2.19. The van der Waals surface area contributed by atoms with Crippen LogP contribution in [0.4, 0.5) is 5.82 Å². The molecule has 1 aromatic heterocycles. The second-order valence-electron chi connectivity index (χ2n) is 5.29. The van der Waals surface area contributed by atoms with E-state index in [4.69, 9.17) is 4.74 Å². The molecule has 0 saturated heterocycles. The van der Waals surface area contributed by atoms with E-state index < -0.39 is 0 Å². The van der Waals surface area contributed by atoms with Gasteiger partial charge in [-0.25, -0.2) is 4.98 Å². The van der Waals surface area contributed by atoms with Crippen LogP contribution in [0.3, 0.4) is 0 Å². The van der Waals surface area contributed by atoms with Crippen molar-refractivity contribution in [1.29, 1.82) is 0 Å². The van der Waals surface area contributed by atoms with Gasteiger partial charge in [0.05, 0.1) is 6.61 Å². The van der Waals surface area contributed by atoms with E-state index in [9.17, 15) is 4.79 Å². The molecule has 0 bridgehead atoms. The molecule has 0 unspecified atom stereocenters. The summed E-state index contributed by atoms with van der Waals surface area (Å²) in [5.41, 5.74) is 0.459. The van der Waals surface area contributed by atoms with Crippen LogP contribution in [0.1, 0.15) is 38.2 Å². The van der Waals surface area contributed by atoms with Crippen LogP contribution >= 0.6 is 0 Å². The van der Waals surface area contributed by atoms with Gasteiger partial charge in [0.1, 0.15) is 11.5 Å². The number of amides is 1. The first-order chi connectivity index (χ1) is 9.45. The maximum absolute atomic E-state index is 12.5. The predicted octanol–water partition coefficient (Wildman–Crippen LogP) is 2.40. The van der Waals surface area contributed by atoms with Crippen LogP contribution in [0.2, 0.25) is 0 Å². The zero-order chi connectivity index (χ0) is 15.1. The monoisotopic (exact) mass is 279 g/mol. The molecule has 5 heteroatoms. The van der Waals surface area contributed by atoms with Gasteiger partial charge < -0.3 is 15.0 Å². The quantitative estimate of drug-likeness (QED) is 0.832. The molecule has 1 heterocycles. The fourth-order valence-electron chi connectivity index (χ4n) is 1.86. The number of hydrogen-bond acceptors (Lipinski definition) is 4. The van der Waals surface area contributed by atoms with Crippen LogP contribution < -0.4 is 5.32 Å². The second kappa shape index (κ2) is 7.85. The highest BCUT2D eigenvalue weighted by molar-refractivity contribution is 5.92. The molecule has 0 aliphatic heterocycles. The highest BCUT2D eigenvalue weighted by atomic mass is 16.5. The number of rotatable bonds is 7. The number of pyridine rings is 1. The van der Waals surface area contributed by atoms with Gasteiger partial charge in [-0.15, -0.1) is 0 Å². The van der Waals surface area contributed by atoms with Gasteiger partial charge in [-0.05, 0) is 39.8 Å². The van der Waals surface area contributed by atoms with Crippen LogP contribution in [0.25, 0.3) is 0 Å². The van der Waals surface area contributed by atoms with Gasteiger partial charge in [0.25, 0.3) is 5.91 Å². The summed E-state index contributed by atoms with van der Waals surface area (Å²) in [5.74, 6) is 0.658. The number of ether oxygens (including phenoxy) is 1. The smallest absolute Gasteiger partial charge is 0.272 e. The van der Waals surface area contributed by atoms with Crippen LogP contribution in [0.15, 0.2) is 18.2 Å². The molecule has 0 aromatic carbocycles. The zero-order valence-corrected chi connectivity index (χ0v) is 13.0. The Morgan fingerprint density at radius 3 is 2.60 bits per heavy atom. The fourth-order valence-corrected chi connectivity index (χ4v) is 1.86. The standard InChI is InChI=1S/C15H25N3O2/c1-11(2)16-14-8-6-7-13(17-14)15(19)18(12(3)4)9-10-20-5/h6-8,11-12H,9-10H2,1-5H3,(H,16,17). The molecule has 0 atom stereocenters. The molecule has 0 spiro atoms. The number of nitrogens with one attached hydrogen (secondary N) is 1. The third kappa shape index (κ3) is 4.81. The summed E-state index contributed by atoms with van der Waals surface area (Å²) in [6.07, 6.45) is 0. The van der Waals surface area contributed by atoms with Crippen molar-refractivity contribution in [2.45, 2.75) is 39.8 Å². The number of carbonyl (C=O) groups is 1. The van der Waals surface area contributed by atoms with E-state index in [2.05, 4.69) is 10.3 Å². The highest BCUT2D eigenvalue weighted by Crippen LogP contribution is 2.10. The molecule has 1 N–H and O–H groups in total. The van der Waals surface area contributed by atoms with Crippen LogP contribution in [-0.4, -0.2) is 48.1 Å². The van der Waals surface area contributed by atoms with Gasteiger partial charge in [-0.3, -0.25) is 4.79 Å². The maximum atomic E-state index is 12.5. The average molecular weight is 279 g/mol. The Hall–Kier alpha value is -1.62. The molecule has 1 rings (SSSR count). The largest absolute Gasteiger partial charge is 0.383 e. The third-order valence-electron chi connectivity index (χ3n) is 2.83. The van der Waals surface area contributed by atoms with Gasteiger partial charge in [0.2, 0.25) is 0 Å². The third-order valence-corrected chi connectivity index (χ3v) is 2.83. The second-order valence-corrected chi connectivity index (χ2v) is 5.29. The molecule has 0 aliphatic carbocycles. The molecule has 0 radical (unpaired) electrons. The lowest BCUT2D eigenvalue weighted by atomic mass is 10.2. The van der Waals surface area contributed by atoms with Crippen LogP contribution in [-0.2, 0) is 4.74 Å². The van der Waals surface area contributed by atoms with Gasteiger partial charge in [-0.1, -0.05) is 6.07 Å². The summed E-state index contributed by atoms with van der Waals surface area (Å²) in [6.45, 7) is 9.14. The number of hydrogen-bond donors (Lipinski definition) is 1. The van der Waals surface area contributed by atoms with E-state index in [-0.39, 0.29) is 18.0 Å². The normalized spacial score (nSPS) is 10.9. The van der Waals surface area contributed by atoms with E-state index in [1.807, 2.05) is 39.8 Å². The lowest BCUT2D eigenvalue weighted by Gasteiger charge is -2.26. The molecule has 5 nitrogen and oxygen atoms in total. The summed E-state index contributed by atoms with van der Waals surface area (Å²) in [6, 6.07) is 5.85. The van der Waals surface area contributed by atoms with Crippen molar-refractivity contribution in [3.05, 3.63) is 23.9 Å². The average Bonchev–Trinajstić information content (AvgIpc) is 2.38. The van der Waals surface area contributed by atoms with Crippen molar-refractivity contribution in [3.63, 3.8) is 0 Å². The van der Waals surface area contributed by atoms with E-state index in [0.717, 1.165) is 5.82 Å². The first kappa shape index (κ1) is 16.4. The summed E-state index contributed by atoms with van der Waals surface area (Å²) in [4.78, 5) is 18.7. The molecule has 0 saturated carbocycles. The van der Waals surface area contributed by atoms with E-state index in [1.165, 1.54) is 0 Å². The Morgan fingerprint density at radius 1 is 1.35 bits per heavy atom. The molecule has 1 aromatic rings. The lowest BCUT2D eigenvalue weighted by molar-refractivity contribution is 0.0629. The molecule has 20 heavy (non-hydrogen) atoms. The molecule has 112 valence electrons. The fraction of sp³-hybridized carbons (Fsp3) is 0.600. The number of nitrogens with zero attached hydrogens (tertiary/aromatic N) is 2. The number of carbonyl (C=O) groups excluding carboxylic acids is 1. The Bertz CT molecular complexity index is 433. The van der Waals surface area contributed by atoms with Crippen molar-refractivity contribution in [3.8, 4) is 0 Å². The van der Waals surface area contributed by atoms with E-state index in [0.29, 0.717) is 18.8 Å². The Labute approximate surface area is 121 Å². The topological polar surface area (TPSA) is 54.5 Å². The van der Waals surface area contributed by atoms with Crippen molar-refractivity contribution < 1.29 is 9.53 Å².